The van der Waals surface area contributed by atoms with Crippen LogP contribution in [0.25, 0.3) is 0 Å². The van der Waals surface area contributed by atoms with Gasteiger partial charge in [0.2, 0.25) is 15.9 Å². The van der Waals surface area contributed by atoms with Crippen LogP contribution in [0.15, 0.2) is 35.2 Å². The van der Waals surface area contributed by atoms with Gasteiger partial charge in [0.15, 0.2) is 5.78 Å². The Morgan fingerprint density at radius 3 is 2.13 bits per heavy atom. The molecule has 0 radical (unpaired) electrons. The lowest BCUT2D eigenvalue weighted by Gasteiger charge is -2.33. The molecule has 0 saturated carbocycles. The predicted octanol–water partition coefficient (Wildman–Crippen LogP) is 1.79. The molecule has 0 spiro atoms. The maximum absolute atomic E-state index is 12.9. The van der Waals surface area contributed by atoms with E-state index in [1.54, 1.807) is 12.1 Å². The summed E-state index contributed by atoms with van der Waals surface area (Å²) >= 11 is 0. The van der Waals surface area contributed by atoms with E-state index in [9.17, 15) is 18.0 Å². The van der Waals surface area contributed by atoms with Gasteiger partial charge in [-0.3, -0.25) is 14.5 Å². The van der Waals surface area contributed by atoms with Gasteiger partial charge in [-0.15, -0.1) is 0 Å². The lowest BCUT2D eigenvalue weighted by molar-refractivity contribution is -0.114. The van der Waals surface area contributed by atoms with E-state index in [4.69, 9.17) is 0 Å². The number of aromatic nitrogens is 1. The van der Waals surface area contributed by atoms with Crippen LogP contribution in [0, 0.1) is 13.8 Å². The Morgan fingerprint density at radius 2 is 1.63 bits per heavy atom. The minimum Gasteiger partial charge on any atom is -0.351 e. The number of rotatable bonds is 6. The van der Waals surface area contributed by atoms with Crippen molar-refractivity contribution in [1.29, 1.82) is 0 Å². The molecule has 1 N–H and O–H groups in total. The molecule has 1 aliphatic heterocycles. The number of piperazine rings is 1. The summed E-state index contributed by atoms with van der Waals surface area (Å²) in [4.78, 5) is 26.0. The summed E-state index contributed by atoms with van der Waals surface area (Å²) in [5.41, 5.74) is 3.26. The van der Waals surface area contributed by atoms with Crippen molar-refractivity contribution in [2.75, 3.05) is 38.0 Å². The number of nitrogens with one attached hydrogen (secondary N) is 1. The number of carbonyl (C=O) groups excluding carboxylic acids is 2. The van der Waals surface area contributed by atoms with E-state index in [0.717, 1.165) is 17.0 Å². The first-order valence-electron chi connectivity index (χ1n) is 9.86. The van der Waals surface area contributed by atoms with Crippen LogP contribution in [0.4, 0.5) is 5.69 Å². The van der Waals surface area contributed by atoms with Gasteiger partial charge in [0, 0.05) is 62.8 Å². The van der Waals surface area contributed by atoms with E-state index in [0.29, 0.717) is 31.9 Å². The Bertz CT molecular complexity index is 1050. The molecule has 1 aromatic heterocycles. The number of carbonyl (C=O) groups is 2. The van der Waals surface area contributed by atoms with Gasteiger partial charge in [-0.25, -0.2) is 8.42 Å². The molecule has 1 aliphatic rings. The monoisotopic (exact) mass is 432 g/mol. The molecule has 9 heteroatoms. The van der Waals surface area contributed by atoms with E-state index in [2.05, 4.69) is 5.32 Å². The van der Waals surface area contributed by atoms with E-state index < -0.39 is 10.0 Å². The Hall–Kier alpha value is -2.49. The highest BCUT2D eigenvalue weighted by atomic mass is 32.2. The molecular formula is C21H28N4O4S. The minimum atomic E-state index is -3.61. The smallest absolute Gasteiger partial charge is 0.243 e. The van der Waals surface area contributed by atoms with Crippen molar-refractivity contribution in [3.8, 4) is 0 Å². The van der Waals surface area contributed by atoms with E-state index in [1.807, 2.05) is 36.4 Å². The van der Waals surface area contributed by atoms with E-state index in [-0.39, 0.29) is 23.1 Å². The van der Waals surface area contributed by atoms with Crippen LogP contribution in [0.3, 0.4) is 0 Å². The quantitative estimate of drug-likeness (QED) is 0.703. The van der Waals surface area contributed by atoms with Gasteiger partial charge in [-0.2, -0.15) is 4.31 Å². The number of hydrogen-bond donors (Lipinski definition) is 1. The van der Waals surface area contributed by atoms with Gasteiger partial charge >= 0.3 is 0 Å². The molecule has 1 fully saturated rings. The zero-order valence-corrected chi connectivity index (χ0v) is 18.6. The van der Waals surface area contributed by atoms with E-state index >= 15 is 0 Å². The normalized spacial score (nSPS) is 15.9. The van der Waals surface area contributed by atoms with Crippen molar-refractivity contribution < 1.29 is 18.0 Å². The Morgan fingerprint density at radius 1 is 1.03 bits per heavy atom. The van der Waals surface area contributed by atoms with Crippen LogP contribution >= 0.6 is 0 Å². The van der Waals surface area contributed by atoms with Gasteiger partial charge in [0.25, 0.3) is 0 Å². The van der Waals surface area contributed by atoms with Crippen molar-refractivity contribution in [3.63, 3.8) is 0 Å². The molecule has 0 aliphatic carbocycles. The largest absolute Gasteiger partial charge is 0.351 e. The standard InChI is InChI=1S/C21H28N4O4S/c1-15-13-20(16(2)23(15)4)21(27)14-24-9-11-25(12-10-24)30(28,29)19-7-5-18(6-8-19)22-17(3)26/h5-8,13H,9-12,14H2,1-4H3,(H,22,26). The molecule has 3 rings (SSSR count). The number of sulfonamides is 1. The number of anilines is 1. The molecule has 1 aromatic carbocycles. The molecule has 1 amide bonds. The first-order chi connectivity index (χ1) is 14.1. The van der Waals surface area contributed by atoms with Crippen molar-refractivity contribution in [1.82, 2.24) is 13.8 Å². The summed E-state index contributed by atoms with van der Waals surface area (Å²) in [6, 6.07) is 8.05. The second kappa shape index (κ2) is 8.71. The molecule has 0 atom stereocenters. The summed E-state index contributed by atoms with van der Waals surface area (Å²) in [7, 11) is -1.68. The lowest BCUT2D eigenvalue weighted by Crippen LogP contribution is -2.49. The Balaban J connectivity index is 1.61. The SMILES string of the molecule is CC(=O)Nc1ccc(S(=O)(=O)N2CCN(CC(=O)c3cc(C)n(C)c3C)CC2)cc1. The maximum atomic E-state index is 12.9. The molecule has 1 saturated heterocycles. The molecular weight excluding hydrogens is 404 g/mol. The molecule has 2 aromatic rings. The summed E-state index contributed by atoms with van der Waals surface area (Å²) in [6.07, 6.45) is 0. The Kier molecular flexibility index (Phi) is 6.44. The number of amides is 1. The number of ketones is 1. The summed E-state index contributed by atoms with van der Waals surface area (Å²) in [5, 5.41) is 2.62. The molecule has 2 heterocycles. The van der Waals surface area contributed by atoms with Crippen LogP contribution in [0.2, 0.25) is 0 Å². The summed E-state index contributed by atoms with van der Waals surface area (Å²) in [6.45, 7) is 7.24. The highest BCUT2D eigenvalue weighted by molar-refractivity contribution is 7.89. The predicted molar refractivity (Wildman–Crippen MR) is 115 cm³/mol. The fourth-order valence-corrected chi connectivity index (χ4v) is 5.04. The number of nitrogens with zero attached hydrogens (tertiary/aromatic N) is 3. The van der Waals surface area contributed by atoms with E-state index in [1.165, 1.54) is 23.4 Å². The summed E-state index contributed by atoms with van der Waals surface area (Å²) < 4.78 is 29.3. The van der Waals surface area contributed by atoms with Gasteiger partial charge in [0.05, 0.1) is 11.4 Å². The van der Waals surface area contributed by atoms with Crippen molar-refractivity contribution in [2.45, 2.75) is 25.7 Å². The van der Waals surface area contributed by atoms with Crippen LogP contribution in [0.1, 0.15) is 28.7 Å². The fraction of sp³-hybridized carbons (Fsp3) is 0.429. The third-order valence-electron chi connectivity index (χ3n) is 5.59. The highest BCUT2D eigenvalue weighted by Gasteiger charge is 2.29. The third kappa shape index (κ3) is 4.63. The van der Waals surface area contributed by atoms with Crippen LogP contribution in [-0.2, 0) is 21.9 Å². The van der Waals surface area contributed by atoms with Crippen molar-refractivity contribution in [3.05, 3.63) is 47.3 Å². The van der Waals surface area contributed by atoms with Crippen molar-refractivity contribution >= 4 is 27.4 Å². The summed E-state index contributed by atoms with van der Waals surface area (Å²) in [5.74, 6) is -0.154. The van der Waals surface area contributed by atoms with Gasteiger partial charge in [0.1, 0.15) is 0 Å². The molecule has 162 valence electrons. The average molecular weight is 433 g/mol. The third-order valence-corrected chi connectivity index (χ3v) is 7.50. The molecule has 0 bridgehead atoms. The maximum Gasteiger partial charge on any atom is 0.243 e. The number of Topliss-reactive ketones (excluding diaryl/α,β-unsaturated/α-hetero) is 1. The number of benzene rings is 1. The van der Waals surface area contributed by atoms with Gasteiger partial charge in [-0.1, -0.05) is 0 Å². The second-order valence-corrected chi connectivity index (χ2v) is 9.59. The van der Waals surface area contributed by atoms with Gasteiger partial charge < -0.3 is 9.88 Å². The first kappa shape index (κ1) is 22.2. The zero-order valence-electron chi connectivity index (χ0n) is 17.8. The number of aryl methyl sites for hydroxylation is 1. The first-order valence-corrected chi connectivity index (χ1v) is 11.3. The number of hydrogen-bond acceptors (Lipinski definition) is 5. The minimum absolute atomic E-state index is 0.0565. The topological polar surface area (TPSA) is 91.7 Å². The average Bonchev–Trinajstić information content (AvgIpc) is 2.96. The fourth-order valence-electron chi connectivity index (χ4n) is 3.62. The van der Waals surface area contributed by atoms with Crippen LogP contribution in [-0.4, -0.2) is 66.6 Å². The van der Waals surface area contributed by atoms with Gasteiger partial charge in [-0.05, 0) is 44.2 Å². The second-order valence-electron chi connectivity index (χ2n) is 7.65. The molecule has 8 nitrogen and oxygen atoms in total. The van der Waals surface area contributed by atoms with Crippen molar-refractivity contribution in [2.24, 2.45) is 7.05 Å². The van der Waals surface area contributed by atoms with Crippen LogP contribution < -0.4 is 5.32 Å². The highest BCUT2D eigenvalue weighted by Crippen LogP contribution is 2.20. The zero-order chi connectivity index (χ0) is 22.1. The Labute approximate surface area is 177 Å². The molecule has 0 unspecified atom stereocenters. The lowest BCUT2D eigenvalue weighted by atomic mass is 10.1. The van der Waals surface area contributed by atoms with Crippen LogP contribution in [0.5, 0.6) is 0 Å². The molecule has 30 heavy (non-hydrogen) atoms.